The van der Waals surface area contributed by atoms with Crippen LogP contribution >= 0.6 is 0 Å². The Labute approximate surface area is 144 Å². The van der Waals surface area contributed by atoms with Crippen molar-refractivity contribution in [2.75, 3.05) is 18.0 Å². The van der Waals surface area contributed by atoms with Crippen LogP contribution in [0.4, 0.5) is 18.9 Å². The molecule has 2 amide bonds. The molecule has 25 heavy (non-hydrogen) atoms. The van der Waals surface area contributed by atoms with E-state index < -0.39 is 30.5 Å². The smallest absolute Gasteiger partial charge is 0.347 e. The highest BCUT2D eigenvalue weighted by Gasteiger charge is 2.40. The molecule has 1 aliphatic heterocycles. The van der Waals surface area contributed by atoms with E-state index in [4.69, 9.17) is 0 Å². The highest BCUT2D eigenvalue weighted by Crippen LogP contribution is 2.36. The fourth-order valence-electron chi connectivity index (χ4n) is 3.83. The first-order valence-corrected chi connectivity index (χ1v) is 8.60. The predicted molar refractivity (Wildman–Crippen MR) is 87.0 cm³/mol. The van der Waals surface area contributed by atoms with Crippen LogP contribution in [0.3, 0.4) is 0 Å². The van der Waals surface area contributed by atoms with Crippen molar-refractivity contribution in [1.29, 1.82) is 0 Å². The predicted octanol–water partition coefficient (Wildman–Crippen LogP) is 3.06. The number of benzene rings is 1. The van der Waals surface area contributed by atoms with Gasteiger partial charge in [-0.3, -0.25) is 9.59 Å². The fraction of sp³-hybridized carbons (Fsp3) is 0.556. The van der Waals surface area contributed by atoms with E-state index in [0.717, 1.165) is 30.5 Å². The van der Waals surface area contributed by atoms with Gasteiger partial charge in [0.05, 0.1) is 5.92 Å². The Balaban J connectivity index is 1.73. The summed E-state index contributed by atoms with van der Waals surface area (Å²) in [6, 6.07) is 7.62. The molecule has 2 aliphatic rings. The summed E-state index contributed by atoms with van der Waals surface area (Å²) in [5.74, 6) is -2.04. The van der Waals surface area contributed by atoms with Gasteiger partial charge in [-0.05, 0) is 30.9 Å². The molecular weight excluding hydrogens is 333 g/mol. The average Bonchev–Trinajstić information content (AvgIpc) is 3.02. The van der Waals surface area contributed by atoms with Crippen LogP contribution in [-0.4, -0.2) is 31.1 Å². The molecule has 0 aromatic heterocycles. The van der Waals surface area contributed by atoms with Crippen molar-refractivity contribution < 1.29 is 22.8 Å². The molecule has 1 fully saturated rings. The number of anilines is 1. The Bertz CT molecular complexity index is 660. The number of carbonyl (C=O) groups excluding carboxylic acids is 2. The van der Waals surface area contributed by atoms with Crippen LogP contribution in [0, 0.1) is 11.8 Å². The molecule has 3 rings (SSSR count). The van der Waals surface area contributed by atoms with Crippen molar-refractivity contribution in [2.45, 2.75) is 38.3 Å². The summed E-state index contributed by atoms with van der Waals surface area (Å²) < 4.78 is 37.1. The van der Waals surface area contributed by atoms with Crippen molar-refractivity contribution in [1.82, 2.24) is 5.32 Å². The highest BCUT2D eigenvalue weighted by atomic mass is 19.4. The number of nitrogens with one attached hydrogen (secondary N) is 1. The number of nitrogens with zero attached hydrogens (tertiary/aromatic N) is 1. The summed E-state index contributed by atoms with van der Waals surface area (Å²) in [4.78, 5) is 26.9. The molecule has 1 heterocycles. The SMILES string of the molecule is O=C(NCC(F)(F)F)[C@H]1CCCC[C@H]1C(=O)N1CCc2ccccc21. The Kier molecular flexibility index (Phi) is 5.01. The van der Waals surface area contributed by atoms with E-state index in [9.17, 15) is 22.8 Å². The van der Waals surface area contributed by atoms with Gasteiger partial charge in [0, 0.05) is 18.2 Å². The zero-order valence-corrected chi connectivity index (χ0v) is 13.8. The third-order valence-electron chi connectivity index (χ3n) is 5.04. The molecule has 0 bridgehead atoms. The first-order valence-electron chi connectivity index (χ1n) is 8.60. The minimum atomic E-state index is -4.45. The quantitative estimate of drug-likeness (QED) is 0.907. The topological polar surface area (TPSA) is 49.4 Å². The maximum atomic E-state index is 13.0. The van der Waals surface area contributed by atoms with E-state index in [1.807, 2.05) is 29.6 Å². The number of rotatable bonds is 3. The Morgan fingerprint density at radius 1 is 1.12 bits per heavy atom. The lowest BCUT2D eigenvalue weighted by Crippen LogP contribution is -2.46. The molecule has 7 heteroatoms. The van der Waals surface area contributed by atoms with Crippen LogP contribution in [0.1, 0.15) is 31.2 Å². The Morgan fingerprint density at radius 3 is 2.52 bits per heavy atom. The zero-order valence-electron chi connectivity index (χ0n) is 13.8. The summed E-state index contributed by atoms with van der Waals surface area (Å²) in [7, 11) is 0. The molecule has 0 unspecified atom stereocenters. The van der Waals surface area contributed by atoms with E-state index in [2.05, 4.69) is 0 Å². The lowest BCUT2D eigenvalue weighted by molar-refractivity contribution is -0.144. The van der Waals surface area contributed by atoms with Crippen LogP contribution in [-0.2, 0) is 16.0 Å². The van der Waals surface area contributed by atoms with E-state index in [0.29, 0.717) is 19.4 Å². The molecule has 4 nitrogen and oxygen atoms in total. The summed E-state index contributed by atoms with van der Waals surface area (Å²) in [6.07, 6.45) is -1.12. The van der Waals surface area contributed by atoms with Gasteiger partial charge in [-0.15, -0.1) is 0 Å². The second-order valence-corrected chi connectivity index (χ2v) is 6.70. The zero-order chi connectivity index (χ0) is 18.0. The average molecular weight is 354 g/mol. The van der Waals surface area contributed by atoms with Crippen LogP contribution in [0.15, 0.2) is 24.3 Å². The van der Waals surface area contributed by atoms with Gasteiger partial charge < -0.3 is 10.2 Å². The van der Waals surface area contributed by atoms with E-state index in [-0.39, 0.29) is 5.91 Å². The van der Waals surface area contributed by atoms with Crippen LogP contribution in [0.25, 0.3) is 0 Å². The van der Waals surface area contributed by atoms with Crippen molar-refractivity contribution >= 4 is 17.5 Å². The second kappa shape index (κ2) is 7.06. The molecule has 1 aromatic carbocycles. The first-order chi connectivity index (χ1) is 11.9. The lowest BCUT2D eigenvalue weighted by Gasteiger charge is -2.32. The van der Waals surface area contributed by atoms with E-state index in [1.165, 1.54) is 0 Å². The monoisotopic (exact) mass is 354 g/mol. The lowest BCUT2D eigenvalue weighted by atomic mass is 9.77. The molecule has 1 aliphatic carbocycles. The van der Waals surface area contributed by atoms with Crippen LogP contribution < -0.4 is 10.2 Å². The van der Waals surface area contributed by atoms with Gasteiger partial charge in [-0.1, -0.05) is 31.0 Å². The first kappa shape index (κ1) is 17.8. The maximum Gasteiger partial charge on any atom is 0.405 e. The number of alkyl halides is 3. The van der Waals surface area contributed by atoms with Crippen molar-refractivity contribution in [3.63, 3.8) is 0 Å². The van der Waals surface area contributed by atoms with Gasteiger partial charge in [0.25, 0.3) is 0 Å². The molecule has 0 saturated heterocycles. The standard InChI is InChI=1S/C18H21F3N2O2/c19-18(20,21)11-22-16(24)13-6-2-3-7-14(13)17(25)23-10-9-12-5-1-4-8-15(12)23/h1,4-5,8,13-14H,2-3,6-7,9-11H2,(H,22,24)/t13-,14+/m0/s1. The van der Waals surface area contributed by atoms with E-state index >= 15 is 0 Å². The minimum Gasteiger partial charge on any atom is -0.347 e. The molecule has 136 valence electrons. The van der Waals surface area contributed by atoms with Crippen molar-refractivity contribution in [2.24, 2.45) is 11.8 Å². The molecule has 0 spiro atoms. The summed E-state index contributed by atoms with van der Waals surface area (Å²) >= 11 is 0. The van der Waals surface area contributed by atoms with Crippen molar-refractivity contribution in [3.05, 3.63) is 29.8 Å². The van der Waals surface area contributed by atoms with Crippen LogP contribution in [0.2, 0.25) is 0 Å². The van der Waals surface area contributed by atoms with Crippen molar-refractivity contribution in [3.8, 4) is 0 Å². The minimum absolute atomic E-state index is 0.142. The number of hydrogen-bond acceptors (Lipinski definition) is 2. The van der Waals surface area contributed by atoms with Gasteiger partial charge in [-0.25, -0.2) is 0 Å². The summed E-state index contributed by atoms with van der Waals surface area (Å²) in [6.45, 7) is -0.790. The number of carbonyl (C=O) groups is 2. The third-order valence-corrected chi connectivity index (χ3v) is 5.04. The van der Waals surface area contributed by atoms with Crippen LogP contribution in [0.5, 0.6) is 0 Å². The highest BCUT2D eigenvalue weighted by molar-refractivity contribution is 5.99. The number of hydrogen-bond donors (Lipinski definition) is 1. The second-order valence-electron chi connectivity index (χ2n) is 6.70. The molecule has 1 saturated carbocycles. The molecule has 1 N–H and O–H groups in total. The Morgan fingerprint density at radius 2 is 1.80 bits per heavy atom. The number of amides is 2. The molecule has 0 radical (unpaired) electrons. The molecule has 2 atom stereocenters. The largest absolute Gasteiger partial charge is 0.405 e. The number of para-hydroxylation sites is 1. The van der Waals surface area contributed by atoms with Gasteiger partial charge in [0.2, 0.25) is 11.8 Å². The summed E-state index contributed by atoms with van der Waals surface area (Å²) in [5, 5.41) is 1.95. The fourth-order valence-corrected chi connectivity index (χ4v) is 3.83. The number of halogens is 3. The number of fused-ring (bicyclic) bond motifs is 1. The van der Waals surface area contributed by atoms with Gasteiger partial charge in [0.1, 0.15) is 6.54 Å². The third kappa shape index (κ3) is 3.96. The van der Waals surface area contributed by atoms with Gasteiger partial charge in [-0.2, -0.15) is 13.2 Å². The summed E-state index contributed by atoms with van der Waals surface area (Å²) in [5.41, 5.74) is 1.94. The van der Waals surface area contributed by atoms with Gasteiger partial charge in [0.15, 0.2) is 0 Å². The Hall–Kier alpha value is -2.05. The van der Waals surface area contributed by atoms with Gasteiger partial charge >= 0.3 is 6.18 Å². The molecule has 1 aromatic rings. The van der Waals surface area contributed by atoms with E-state index in [1.54, 1.807) is 4.90 Å². The maximum absolute atomic E-state index is 13.0. The molecular formula is C18H21F3N2O2. The normalized spacial score (nSPS) is 23.2.